The standard InChI is InChI=1S/C12H11BrFN3O2S/c13-9-3-1-7(5-10(9)14)17-12-6-8(20(16,18)19)2-4-11(12)15/h1-6,17H,15H2,(H2,16,18,19). The van der Waals surface area contributed by atoms with Crippen molar-refractivity contribution in [2.75, 3.05) is 11.1 Å². The van der Waals surface area contributed by atoms with Crippen LogP contribution in [0, 0.1) is 5.82 Å². The first-order chi connectivity index (χ1) is 9.27. The van der Waals surface area contributed by atoms with Crippen LogP contribution in [0.4, 0.5) is 21.5 Å². The molecule has 0 atom stereocenters. The molecule has 0 heterocycles. The number of primary sulfonamides is 1. The van der Waals surface area contributed by atoms with Crippen molar-refractivity contribution in [3.05, 3.63) is 46.7 Å². The minimum Gasteiger partial charge on any atom is -0.397 e. The second-order valence-electron chi connectivity index (χ2n) is 4.05. The Labute approximate surface area is 124 Å². The molecule has 2 aromatic carbocycles. The zero-order chi connectivity index (χ0) is 14.9. The number of nitrogens with one attached hydrogen (secondary N) is 1. The molecule has 2 rings (SSSR count). The second kappa shape index (κ2) is 5.39. The SMILES string of the molecule is Nc1ccc(S(N)(=O)=O)cc1Nc1ccc(Br)c(F)c1. The number of nitrogens with two attached hydrogens (primary N) is 2. The lowest BCUT2D eigenvalue weighted by molar-refractivity contribution is 0.598. The Balaban J connectivity index is 2.40. The monoisotopic (exact) mass is 359 g/mol. The molecule has 2 aromatic rings. The molecule has 0 spiro atoms. The van der Waals surface area contributed by atoms with Crippen LogP contribution in [-0.2, 0) is 10.0 Å². The zero-order valence-corrected chi connectivity index (χ0v) is 12.5. The van der Waals surface area contributed by atoms with Gasteiger partial charge in [-0.3, -0.25) is 0 Å². The van der Waals surface area contributed by atoms with Crippen LogP contribution in [0.25, 0.3) is 0 Å². The quantitative estimate of drug-likeness (QED) is 0.733. The largest absolute Gasteiger partial charge is 0.397 e. The topological polar surface area (TPSA) is 98.2 Å². The van der Waals surface area contributed by atoms with E-state index in [9.17, 15) is 12.8 Å². The molecule has 20 heavy (non-hydrogen) atoms. The summed E-state index contributed by atoms with van der Waals surface area (Å²) >= 11 is 3.04. The van der Waals surface area contributed by atoms with Crippen LogP contribution < -0.4 is 16.2 Å². The molecule has 0 radical (unpaired) electrons. The normalized spacial score (nSPS) is 11.3. The third-order valence-corrected chi connectivity index (χ3v) is 4.11. The van der Waals surface area contributed by atoms with Gasteiger partial charge in [0.15, 0.2) is 0 Å². The molecule has 0 saturated carbocycles. The van der Waals surface area contributed by atoms with Crippen LogP contribution >= 0.6 is 15.9 Å². The molecular formula is C12H11BrFN3O2S. The van der Waals surface area contributed by atoms with E-state index in [1.807, 2.05) is 0 Å². The molecule has 106 valence electrons. The maximum Gasteiger partial charge on any atom is 0.238 e. The van der Waals surface area contributed by atoms with Gasteiger partial charge in [0, 0.05) is 5.69 Å². The van der Waals surface area contributed by atoms with Crippen LogP contribution in [0.15, 0.2) is 45.8 Å². The number of nitrogen functional groups attached to an aromatic ring is 1. The number of sulfonamides is 1. The summed E-state index contributed by atoms with van der Waals surface area (Å²) in [4.78, 5) is -0.0771. The van der Waals surface area contributed by atoms with Gasteiger partial charge in [-0.1, -0.05) is 0 Å². The molecule has 0 bridgehead atoms. The lowest BCUT2D eigenvalue weighted by Gasteiger charge is -2.11. The van der Waals surface area contributed by atoms with Gasteiger partial charge in [0.2, 0.25) is 10.0 Å². The molecule has 0 unspecified atom stereocenters. The van der Waals surface area contributed by atoms with E-state index < -0.39 is 15.8 Å². The van der Waals surface area contributed by atoms with Crippen LogP contribution in [0.1, 0.15) is 0 Å². The van der Waals surface area contributed by atoms with Gasteiger partial charge >= 0.3 is 0 Å². The van der Waals surface area contributed by atoms with E-state index in [4.69, 9.17) is 10.9 Å². The second-order valence-corrected chi connectivity index (χ2v) is 6.46. The van der Waals surface area contributed by atoms with Gasteiger partial charge in [0.25, 0.3) is 0 Å². The van der Waals surface area contributed by atoms with Crippen LogP contribution in [0.5, 0.6) is 0 Å². The molecule has 0 aromatic heterocycles. The highest BCUT2D eigenvalue weighted by Gasteiger charge is 2.11. The molecule has 0 fully saturated rings. The summed E-state index contributed by atoms with van der Waals surface area (Å²) in [6, 6.07) is 8.42. The summed E-state index contributed by atoms with van der Waals surface area (Å²) in [5.41, 5.74) is 6.83. The molecule has 5 N–H and O–H groups in total. The van der Waals surface area contributed by atoms with Crippen molar-refractivity contribution < 1.29 is 12.8 Å². The average Bonchev–Trinajstić information content (AvgIpc) is 2.35. The van der Waals surface area contributed by atoms with Crippen molar-refractivity contribution in [2.24, 2.45) is 5.14 Å². The molecule has 0 aliphatic heterocycles. The van der Waals surface area contributed by atoms with Gasteiger partial charge in [0.1, 0.15) is 5.82 Å². The lowest BCUT2D eigenvalue weighted by Crippen LogP contribution is -2.12. The minimum atomic E-state index is -3.83. The van der Waals surface area contributed by atoms with Crippen molar-refractivity contribution in [2.45, 2.75) is 4.90 Å². The van der Waals surface area contributed by atoms with Crippen molar-refractivity contribution in [1.29, 1.82) is 0 Å². The summed E-state index contributed by atoms with van der Waals surface area (Å²) in [5.74, 6) is -0.448. The third kappa shape index (κ3) is 3.27. The van der Waals surface area contributed by atoms with Gasteiger partial charge in [-0.05, 0) is 52.3 Å². The van der Waals surface area contributed by atoms with E-state index in [2.05, 4.69) is 21.2 Å². The fourth-order valence-electron chi connectivity index (χ4n) is 1.55. The first-order valence-corrected chi connectivity index (χ1v) is 7.76. The van der Waals surface area contributed by atoms with Gasteiger partial charge in [0.05, 0.1) is 20.7 Å². The van der Waals surface area contributed by atoms with Crippen molar-refractivity contribution in [1.82, 2.24) is 0 Å². The van der Waals surface area contributed by atoms with E-state index in [0.717, 1.165) is 0 Å². The van der Waals surface area contributed by atoms with Crippen molar-refractivity contribution in [3.63, 3.8) is 0 Å². The first-order valence-electron chi connectivity index (χ1n) is 5.42. The Hall–Kier alpha value is -1.64. The van der Waals surface area contributed by atoms with Crippen molar-refractivity contribution >= 4 is 43.0 Å². The smallest absolute Gasteiger partial charge is 0.238 e. The highest BCUT2D eigenvalue weighted by atomic mass is 79.9. The summed E-state index contributed by atoms with van der Waals surface area (Å²) in [6.45, 7) is 0. The van der Waals surface area contributed by atoms with Crippen LogP contribution in [0.3, 0.4) is 0 Å². The van der Waals surface area contributed by atoms with Gasteiger partial charge in [-0.15, -0.1) is 0 Å². The summed E-state index contributed by atoms with van der Waals surface area (Å²) in [5, 5.41) is 7.90. The van der Waals surface area contributed by atoms with E-state index in [1.165, 1.54) is 30.3 Å². The molecule has 8 heteroatoms. The van der Waals surface area contributed by atoms with E-state index in [-0.39, 0.29) is 4.90 Å². The van der Waals surface area contributed by atoms with E-state index >= 15 is 0 Å². The minimum absolute atomic E-state index is 0.0771. The molecule has 0 amide bonds. The summed E-state index contributed by atoms with van der Waals surface area (Å²) < 4.78 is 36.3. The van der Waals surface area contributed by atoms with Crippen LogP contribution in [0.2, 0.25) is 0 Å². The van der Waals surface area contributed by atoms with Gasteiger partial charge < -0.3 is 11.1 Å². The number of halogens is 2. The Bertz CT molecular complexity index is 765. The van der Waals surface area contributed by atoms with E-state index in [1.54, 1.807) is 6.07 Å². The maximum absolute atomic E-state index is 13.4. The summed E-state index contributed by atoms with van der Waals surface area (Å²) in [7, 11) is -3.83. The first kappa shape index (κ1) is 14.8. The molecule has 0 saturated heterocycles. The highest BCUT2D eigenvalue weighted by molar-refractivity contribution is 9.10. The number of anilines is 3. The Morgan fingerprint density at radius 1 is 1.15 bits per heavy atom. The fraction of sp³-hybridized carbons (Fsp3) is 0. The van der Waals surface area contributed by atoms with Gasteiger partial charge in [-0.2, -0.15) is 0 Å². The van der Waals surface area contributed by atoms with E-state index in [0.29, 0.717) is 21.5 Å². The average molecular weight is 360 g/mol. The Morgan fingerprint density at radius 2 is 1.85 bits per heavy atom. The number of rotatable bonds is 3. The number of benzene rings is 2. The molecule has 0 aliphatic rings. The number of hydrogen-bond acceptors (Lipinski definition) is 4. The zero-order valence-electron chi connectivity index (χ0n) is 10.1. The predicted molar refractivity (Wildman–Crippen MR) is 79.6 cm³/mol. The number of hydrogen-bond donors (Lipinski definition) is 3. The Kier molecular flexibility index (Phi) is 3.98. The third-order valence-electron chi connectivity index (χ3n) is 2.55. The van der Waals surface area contributed by atoms with Crippen molar-refractivity contribution in [3.8, 4) is 0 Å². The lowest BCUT2D eigenvalue weighted by atomic mass is 10.2. The fourth-order valence-corrected chi connectivity index (χ4v) is 2.34. The molecule has 0 aliphatic carbocycles. The predicted octanol–water partition coefficient (Wildman–Crippen LogP) is 2.56. The maximum atomic E-state index is 13.4. The Morgan fingerprint density at radius 3 is 2.45 bits per heavy atom. The molecule has 5 nitrogen and oxygen atoms in total. The summed E-state index contributed by atoms with van der Waals surface area (Å²) in [6.07, 6.45) is 0. The highest BCUT2D eigenvalue weighted by Crippen LogP contribution is 2.27. The van der Waals surface area contributed by atoms with Crippen LogP contribution in [-0.4, -0.2) is 8.42 Å². The molecular weight excluding hydrogens is 349 g/mol. The van der Waals surface area contributed by atoms with Gasteiger partial charge in [-0.25, -0.2) is 17.9 Å².